The van der Waals surface area contributed by atoms with Crippen molar-refractivity contribution in [1.82, 2.24) is 4.98 Å². The molecule has 0 unspecified atom stereocenters. The molecule has 0 radical (unpaired) electrons. The number of rotatable bonds is 3. The van der Waals surface area contributed by atoms with Gasteiger partial charge in [-0.3, -0.25) is 0 Å². The van der Waals surface area contributed by atoms with Gasteiger partial charge in [-0.1, -0.05) is 12.1 Å². The third-order valence-electron chi connectivity index (χ3n) is 3.15. The Balaban J connectivity index is 1.89. The molecule has 3 aromatic rings. The van der Waals surface area contributed by atoms with Crippen molar-refractivity contribution < 1.29 is 4.74 Å². The molecule has 0 fully saturated rings. The van der Waals surface area contributed by atoms with Crippen LogP contribution >= 0.6 is 11.3 Å². The van der Waals surface area contributed by atoms with Crippen molar-refractivity contribution in [3.63, 3.8) is 0 Å². The molecule has 0 bridgehead atoms. The van der Waals surface area contributed by atoms with Crippen LogP contribution in [0, 0.1) is 11.3 Å². The van der Waals surface area contributed by atoms with Crippen LogP contribution in [0.1, 0.15) is 5.56 Å². The SMILES string of the molecule is COc1ccc(-c2nc(-c3ccc(C#N)cc3)cs2)cc1. The maximum atomic E-state index is 8.82. The van der Waals surface area contributed by atoms with Crippen molar-refractivity contribution in [2.75, 3.05) is 7.11 Å². The molecule has 3 rings (SSSR count). The number of aromatic nitrogens is 1. The highest BCUT2D eigenvalue weighted by molar-refractivity contribution is 7.13. The van der Waals surface area contributed by atoms with Gasteiger partial charge in [0.1, 0.15) is 10.8 Å². The molecule has 102 valence electrons. The largest absolute Gasteiger partial charge is 0.497 e. The standard InChI is InChI=1S/C17H12N2OS/c1-20-15-8-6-14(7-9-15)17-19-16(11-21-17)13-4-2-12(10-18)3-5-13/h2-9,11H,1H3. The first kappa shape index (κ1) is 13.3. The van der Waals surface area contributed by atoms with E-state index in [-0.39, 0.29) is 0 Å². The molecule has 0 aliphatic rings. The maximum Gasteiger partial charge on any atom is 0.124 e. The van der Waals surface area contributed by atoms with Crippen molar-refractivity contribution in [3.05, 3.63) is 59.5 Å². The Labute approximate surface area is 127 Å². The first-order valence-corrected chi connectivity index (χ1v) is 7.28. The summed E-state index contributed by atoms with van der Waals surface area (Å²) in [5, 5.41) is 11.8. The molecule has 0 spiro atoms. The Hall–Kier alpha value is -2.64. The van der Waals surface area contributed by atoms with Crippen LogP contribution in [0.5, 0.6) is 5.75 Å². The molecule has 0 saturated heterocycles. The first-order valence-electron chi connectivity index (χ1n) is 6.40. The molecule has 0 aliphatic heterocycles. The number of hydrogen-bond donors (Lipinski definition) is 0. The van der Waals surface area contributed by atoms with E-state index < -0.39 is 0 Å². The van der Waals surface area contributed by atoms with E-state index in [9.17, 15) is 0 Å². The number of ether oxygens (including phenoxy) is 1. The lowest BCUT2D eigenvalue weighted by Crippen LogP contribution is -1.83. The van der Waals surface area contributed by atoms with Crippen LogP contribution in [0.15, 0.2) is 53.9 Å². The average molecular weight is 292 g/mol. The molecule has 4 heteroatoms. The number of methoxy groups -OCH3 is 1. The van der Waals surface area contributed by atoms with Gasteiger partial charge in [-0.25, -0.2) is 4.98 Å². The van der Waals surface area contributed by atoms with Crippen molar-refractivity contribution in [2.24, 2.45) is 0 Å². The van der Waals surface area contributed by atoms with Crippen LogP contribution in [0.3, 0.4) is 0 Å². The first-order chi connectivity index (χ1) is 10.3. The lowest BCUT2D eigenvalue weighted by molar-refractivity contribution is 0.415. The molecule has 3 nitrogen and oxygen atoms in total. The topological polar surface area (TPSA) is 45.9 Å². The van der Waals surface area contributed by atoms with Gasteiger partial charge in [0.2, 0.25) is 0 Å². The molecule has 1 heterocycles. The minimum Gasteiger partial charge on any atom is -0.497 e. The number of hydrogen-bond acceptors (Lipinski definition) is 4. The molecule has 0 aliphatic carbocycles. The zero-order valence-electron chi connectivity index (χ0n) is 11.4. The van der Waals surface area contributed by atoms with E-state index in [1.807, 2.05) is 53.9 Å². The van der Waals surface area contributed by atoms with Gasteiger partial charge in [-0.05, 0) is 36.4 Å². The number of thiazole rings is 1. The third kappa shape index (κ3) is 2.78. The van der Waals surface area contributed by atoms with Crippen LogP contribution in [0.4, 0.5) is 0 Å². The predicted octanol–water partition coefficient (Wildman–Crippen LogP) is 4.36. The van der Waals surface area contributed by atoms with Gasteiger partial charge >= 0.3 is 0 Å². The Bertz CT molecular complexity index is 783. The Morgan fingerprint density at radius 2 is 1.67 bits per heavy atom. The normalized spacial score (nSPS) is 10.1. The monoisotopic (exact) mass is 292 g/mol. The fraction of sp³-hybridized carbons (Fsp3) is 0.0588. The molecule has 0 N–H and O–H groups in total. The summed E-state index contributed by atoms with van der Waals surface area (Å²) in [6, 6.07) is 17.4. The Morgan fingerprint density at radius 1 is 1.00 bits per heavy atom. The summed E-state index contributed by atoms with van der Waals surface area (Å²) >= 11 is 1.60. The fourth-order valence-corrected chi connectivity index (χ4v) is 2.82. The molecule has 2 aromatic carbocycles. The highest BCUT2D eigenvalue weighted by Crippen LogP contribution is 2.29. The van der Waals surface area contributed by atoms with Crippen molar-refractivity contribution in [3.8, 4) is 33.6 Å². The number of benzene rings is 2. The second-order valence-corrected chi connectivity index (χ2v) is 5.31. The maximum absolute atomic E-state index is 8.82. The van der Waals surface area contributed by atoms with Gasteiger partial charge < -0.3 is 4.74 Å². The average Bonchev–Trinajstić information content (AvgIpc) is 3.05. The second-order valence-electron chi connectivity index (χ2n) is 4.46. The van der Waals surface area contributed by atoms with Crippen LogP contribution in [-0.4, -0.2) is 12.1 Å². The Kier molecular flexibility index (Phi) is 3.67. The quantitative estimate of drug-likeness (QED) is 0.720. The van der Waals surface area contributed by atoms with E-state index in [1.165, 1.54) is 0 Å². The van der Waals surface area contributed by atoms with E-state index in [2.05, 4.69) is 11.1 Å². The molecule has 0 atom stereocenters. The highest BCUT2D eigenvalue weighted by Gasteiger charge is 2.07. The lowest BCUT2D eigenvalue weighted by Gasteiger charge is -2.00. The predicted molar refractivity (Wildman–Crippen MR) is 84.3 cm³/mol. The summed E-state index contributed by atoms with van der Waals surface area (Å²) in [7, 11) is 1.65. The van der Waals surface area contributed by atoms with Gasteiger partial charge in [0.25, 0.3) is 0 Å². The summed E-state index contributed by atoms with van der Waals surface area (Å²) < 4.78 is 5.16. The van der Waals surface area contributed by atoms with Crippen molar-refractivity contribution in [2.45, 2.75) is 0 Å². The number of nitrogens with zero attached hydrogens (tertiary/aromatic N) is 2. The highest BCUT2D eigenvalue weighted by atomic mass is 32.1. The summed E-state index contributed by atoms with van der Waals surface area (Å²) in [5.41, 5.74) is 3.67. The van der Waals surface area contributed by atoms with Crippen LogP contribution in [0.2, 0.25) is 0 Å². The van der Waals surface area contributed by atoms with Gasteiger partial charge in [0.05, 0.1) is 24.4 Å². The van der Waals surface area contributed by atoms with Crippen LogP contribution < -0.4 is 4.74 Å². The van der Waals surface area contributed by atoms with Gasteiger partial charge in [0.15, 0.2) is 0 Å². The van der Waals surface area contributed by atoms with Crippen LogP contribution in [0.25, 0.3) is 21.8 Å². The van der Waals surface area contributed by atoms with Gasteiger partial charge in [-0.15, -0.1) is 11.3 Å². The molecular formula is C17H12N2OS. The molecule has 21 heavy (non-hydrogen) atoms. The Morgan fingerprint density at radius 3 is 2.29 bits per heavy atom. The second kappa shape index (κ2) is 5.78. The van der Waals surface area contributed by atoms with E-state index >= 15 is 0 Å². The minimum atomic E-state index is 0.657. The fourth-order valence-electron chi connectivity index (χ4n) is 1.99. The zero-order chi connectivity index (χ0) is 14.7. The summed E-state index contributed by atoms with van der Waals surface area (Å²) in [4.78, 5) is 4.66. The smallest absolute Gasteiger partial charge is 0.124 e. The third-order valence-corrected chi connectivity index (χ3v) is 4.04. The van der Waals surface area contributed by atoms with Gasteiger partial charge in [0, 0.05) is 16.5 Å². The molecule has 0 amide bonds. The van der Waals surface area contributed by atoms with Gasteiger partial charge in [-0.2, -0.15) is 5.26 Å². The van der Waals surface area contributed by atoms with E-state index in [1.54, 1.807) is 18.4 Å². The van der Waals surface area contributed by atoms with E-state index in [4.69, 9.17) is 10.00 Å². The molecule has 1 aromatic heterocycles. The minimum absolute atomic E-state index is 0.657. The molecule has 0 saturated carbocycles. The molecular weight excluding hydrogens is 280 g/mol. The number of nitriles is 1. The van der Waals surface area contributed by atoms with E-state index in [0.717, 1.165) is 27.6 Å². The summed E-state index contributed by atoms with van der Waals surface area (Å²) in [5.74, 6) is 0.836. The van der Waals surface area contributed by atoms with E-state index in [0.29, 0.717) is 5.56 Å². The van der Waals surface area contributed by atoms with Crippen molar-refractivity contribution >= 4 is 11.3 Å². The summed E-state index contributed by atoms with van der Waals surface area (Å²) in [6.45, 7) is 0. The lowest BCUT2D eigenvalue weighted by atomic mass is 10.1. The summed E-state index contributed by atoms with van der Waals surface area (Å²) in [6.07, 6.45) is 0. The van der Waals surface area contributed by atoms with Crippen LogP contribution in [-0.2, 0) is 0 Å². The zero-order valence-corrected chi connectivity index (χ0v) is 12.2. The van der Waals surface area contributed by atoms with Crippen molar-refractivity contribution in [1.29, 1.82) is 5.26 Å².